The molecular formula is C12H12BrF2NO3. The molecule has 1 aromatic carbocycles. The van der Waals surface area contributed by atoms with Gasteiger partial charge in [0, 0.05) is 12.5 Å². The van der Waals surface area contributed by atoms with Crippen molar-refractivity contribution in [3.8, 4) is 0 Å². The van der Waals surface area contributed by atoms with Gasteiger partial charge >= 0.3 is 5.97 Å². The van der Waals surface area contributed by atoms with Crippen molar-refractivity contribution in [3.63, 3.8) is 0 Å². The van der Waals surface area contributed by atoms with Crippen LogP contribution in [0.3, 0.4) is 0 Å². The van der Waals surface area contributed by atoms with Crippen molar-refractivity contribution in [1.82, 2.24) is 5.32 Å². The van der Waals surface area contributed by atoms with E-state index in [2.05, 4.69) is 21.2 Å². The lowest BCUT2D eigenvalue weighted by Crippen LogP contribution is -2.35. The van der Waals surface area contributed by atoms with Gasteiger partial charge in [0.05, 0.1) is 10.0 Å². The molecular weight excluding hydrogens is 324 g/mol. The van der Waals surface area contributed by atoms with E-state index in [9.17, 15) is 18.4 Å². The minimum atomic E-state index is -2.06. The van der Waals surface area contributed by atoms with Crippen LogP contribution in [0.15, 0.2) is 22.7 Å². The minimum absolute atomic E-state index is 0.00943. The predicted octanol–water partition coefficient (Wildman–Crippen LogP) is 2.38. The fourth-order valence-electron chi connectivity index (χ4n) is 1.37. The number of amides is 1. The van der Waals surface area contributed by atoms with Crippen molar-refractivity contribution in [2.75, 3.05) is 6.54 Å². The largest absolute Gasteiger partial charge is 0.479 e. The maximum Gasteiger partial charge on any atom is 0.338 e. The van der Waals surface area contributed by atoms with Crippen LogP contribution >= 0.6 is 15.9 Å². The summed E-state index contributed by atoms with van der Waals surface area (Å²) in [5.74, 6) is -3.65. The molecule has 2 atom stereocenters. The van der Waals surface area contributed by atoms with Crippen LogP contribution in [0.4, 0.5) is 8.78 Å². The van der Waals surface area contributed by atoms with Crippen molar-refractivity contribution in [3.05, 3.63) is 34.1 Å². The molecule has 0 aliphatic heterocycles. The molecule has 0 bridgehead atoms. The second-order valence-electron chi connectivity index (χ2n) is 4.03. The van der Waals surface area contributed by atoms with Gasteiger partial charge in [-0.2, -0.15) is 0 Å². The average Bonchev–Trinajstić information content (AvgIpc) is 2.37. The number of rotatable bonds is 5. The molecule has 7 heteroatoms. The lowest BCUT2D eigenvalue weighted by molar-refractivity contribution is -0.144. The number of nitrogens with one attached hydrogen (secondary N) is 1. The Morgan fingerprint density at radius 1 is 1.47 bits per heavy atom. The molecule has 0 heterocycles. The zero-order valence-corrected chi connectivity index (χ0v) is 11.6. The summed E-state index contributed by atoms with van der Waals surface area (Å²) >= 11 is 2.94. The molecule has 19 heavy (non-hydrogen) atoms. The van der Waals surface area contributed by atoms with Crippen molar-refractivity contribution in [2.24, 2.45) is 5.92 Å². The molecule has 4 nitrogen and oxygen atoms in total. The number of benzene rings is 1. The van der Waals surface area contributed by atoms with Crippen LogP contribution in [-0.2, 0) is 4.79 Å². The summed E-state index contributed by atoms with van der Waals surface area (Å²) in [6.45, 7) is 1.20. The summed E-state index contributed by atoms with van der Waals surface area (Å²) in [6, 6.07) is 3.95. The molecule has 0 radical (unpaired) electrons. The van der Waals surface area contributed by atoms with Crippen LogP contribution in [0.5, 0.6) is 0 Å². The maximum atomic E-state index is 13.2. The Morgan fingerprint density at radius 2 is 2.11 bits per heavy atom. The summed E-state index contributed by atoms with van der Waals surface area (Å²) in [5.41, 5.74) is 0.0675. The number of carboxylic acid groups (broad SMARTS) is 1. The van der Waals surface area contributed by atoms with Crippen molar-refractivity contribution >= 4 is 27.8 Å². The number of carbonyl (C=O) groups excluding carboxylic acids is 1. The lowest BCUT2D eigenvalue weighted by Gasteiger charge is -2.14. The minimum Gasteiger partial charge on any atom is -0.479 e. The van der Waals surface area contributed by atoms with E-state index in [-0.39, 0.29) is 16.6 Å². The second kappa shape index (κ2) is 6.60. The number of aliphatic carboxylic acids is 1. The molecule has 2 N–H and O–H groups in total. The quantitative estimate of drug-likeness (QED) is 0.868. The van der Waals surface area contributed by atoms with Crippen LogP contribution in [0.25, 0.3) is 0 Å². The summed E-state index contributed by atoms with van der Waals surface area (Å²) in [7, 11) is 0. The van der Waals surface area contributed by atoms with Crippen LogP contribution < -0.4 is 5.32 Å². The van der Waals surface area contributed by atoms with Crippen LogP contribution in [-0.4, -0.2) is 29.7 Å². The first kappa shape index (κ1) is 15.6. The second-order valence-corrected chi connectivity index (χ2v) is 4.82. The number of carboxylic acids is 1. The van der Waals surface area contributed by atoms with E-state index in [0.29, 0.717) is 0 Å². The lowest BCUT2D eigenvalue weighted by atomic mass is 10.1. The van der Waals surface area contributed by atoms with E-state index in [4.69, 9.17) is 5.11 Å². The highest BCUT2D eigenvalue weighted by Crippen LogP contribution is 2.20. The molecule has 2 unspecified atom stereocenters. The van der Waals surface area contributed by atoms with Gasteiger partial charge in [-0.05, 0) is 28.1 Å². The van der Waals surface area contributed by atoms with Crippen molar-refractivity contribution in [2.45, 2.75) is 13.1 Å². The topological polar surface area (TPSA) is 66.4 Å². The van der Waals surface area contributed by atoms with Gasteiger partial charge in [-0.15, -0.1) is 0 Å². The third kappa shape index (κ3) is 3.99. The summed E-state index contributed by atoms with van der Waals surface area (Å²) < 4.78 is 26.3. The van der Waals surface area contributed by atoms with Gasteiger partial charge in [-0.25, -0.2) is 13.6 Å². The fraction of sp³-hybridized carbons (Fsp3) is 0.333. The van der Waals surface area contributed by atoms with Gasteiger partial charge in [0.15, 0.2) is 0 Å². The fourth-order valence-corrected chi connectivity index (χ4v) is 1.82. The average molecular weight is 336 g/mol. The molecule has 0 aliphatic rings. The van der Waals surface area contributed by atoms with E-state index in [1.54, 1.807) is 0 Å². The SMILES string of the molecule is CC(CNC(=O)c1cccc(F)c1Br)C(F)C(=O)O. The van der Waals surface area contributed by atoms with Gasteiger partial charge < -0.3 is 10.4 Å². The van der Waals surface area contributed by atoms with Crippen LogP contribution in [0.2, 0.25) is 0 Å². The Balaban J connectivity index is 2.66. The van der Waals surface area contributed by atoms with E-state index < -0.39 is 29.8 Å². The Morgan fingerprint density at radius 3 is 2.68 bits per heavy atom. The van der Waals surface area contributed by atoms with Gasteiger partial charge in [-0.1, -0.05) is 13.0 Å². The Bertz CT molecular complexity index is 496. The molecule has 0 aliphatic carbocycles. The number of hydrogen-bond acceptors (Lipinski definition) is 2. The highest BCUT2D eigenvalue weighted by atomic mass is 79.9. The van der Waals surface area contributed by atoms with E-state index in [1.165, 1.54) is 25.1 Å². The first-order chi connectivity index (χ1) is 8.84. The predicted molar refractivity (Wildman–Crippen MR) is 68.1 cm³/mol. The van der Waals surface area contributed by atoms with Crippen molar-refractivity contribution in [1.29, 1.82) is 0 Å². The first-order valence-corrected chi connectivity index (χ1v) is 6.23. The molecule has 0 aromatic heterocycles. The van der Waals surface area contributed by atoms with Crippen LogP contribution in [0, 0.1) is 11.7 Å². The third-order valence-electron chi connectivity index (χ3n) is 2.52. The van der Waals surface area contributed by atoms with E-state index >= 15 is 0 Å². The van der Waals surface area contributed by atoms with Gasteiger partial charge in [0.1, 0.15) is 5.82 Å². The highest BCUT2D eigenvalue weighted by Gasteiger charge is 2.24. The van der Waals surface area contributed by atoms with Crippen molar-refractivity contribution < 1.29 is 23.5 Å². The smallest absolute Gasteiger partial charge is 0.338 e. The molecule has 1 amide bonds. The number of halogens is 3. The summed E-state index contributed by atoms with van der Waals surface area (Å²) in [5, 5.41) is 10.8. The molecule has 1 rings (SSSR count). The Hall–Kier alpha value is -1.50. The van der Waals surface area contributed by atoms with Gasteiger partial charge in [-0.3, -0.25) is 4.79 Å². The molecule has 1 aromatic rings. The van der Waals surface area contributed by atoms with Gasteiger partial charge in [0.2, 0.25) is 6.17 Å². The first-order valence-electron chi connectivity index (χ1n) is 5.43. The van der Waals surface area contributed by atoms with E-state index in [0.717, 1.165) is 0 Å². The summed E-state index contributed by atoms with van der Waals surface area (Å²) in [4.78, 5) is 22.1. The molecule has 0 fully saturated rings. The maximum absolute atomic E-state index is 13.2. The normalized spacial score (nSPS) is 13.7. The third-order valence-corrected chi connectivity index (χ3v) is 3.32. The Labute approximate surface area is 116 Å². The van der Waals surface area contributed by atoms with E-state index in [1.807, 2.05) is 0 Å². The number of carbonyl (C=O) groups is 2. The molecule has 0 spiro atoms. The monoisotopic (exact) mass is 335 g/mol. The standard InChI is InChI=1S/C12H12BrF2NO3/c1-6(10(15)12(18)19)5-16-11(17)7-3-2-4-8(14)9(7)13/h2-4,6,10H,5H2,1H3,(H,16,17)(H,18,19). The molecule has 104 valence electrons. The number of alkyl halides is 1. The molecule has 0 saturated carbocycles. The zero-order valence-electron chi connectivity index (χ0n) is 9.99. The highest BCUT2D eigenvalue weighted by molar-refractivity contribution is 9.10. The Kier molecular flexibility index (Phi) is 5.41. The number of hydrogen-bond donors (Lipinski definition) is 2. The summed E-state index contributed by atoms with van der Waals surface area (Å²) in [6.07, 6.45) is -2.06. The molecule has 0 saturated heterocycles. The van der Waals surface area contributed by atoms with Crippen LogP contribution in [0.1, 0.15) is 17.3 Å². The van der Waals surface area contributed by atoms with Gasteiger partial charge in [0.25, 0.3) is 5.91 Å². The zero-order chi connectivity index (χ0) is 14.6.